The van der Waals surface area contributed by atoms with Gasteiger partial charge in [-0.2, -0.15) is 0 Å². The molecule has 0 aromatic rings. The number of rotatable bonds is 11. The van der Waals surface area contributed by atoms with Gasteiger partial charge in [0, 0.05) is 20.2 Å². The monoisotopic (exact) mass is 263 g/mol. The SMILES string of the molecule is COCCOCC(O)CN(CC(=O)O)CC(C)C. The minimum Gasteiger partial charge on any atom is -0.480 e. The lowest BCUT2D eigenvalue weighted by Gasteiger charge is -2.24. The van der Waals surface area contributed by atoms with Crippen LogP contribution < -0.4 is 0 Å². The van der Waals surface area contributed by atoms with E-state index in [9.17, 15) is 9.90 Å². The smallest absolute Gasteiger partial charge is 0.317 e. The van der Waals surface area contributed by atoms with Gasteiger partial charge in [-0.25, -0.2) is 0 Å². The van der Waals surface area contributed by atoms with Gasteiger partial charge in [0.25, 0.3) is 0 Å². The molecule has 0 bridgehead atoms. The van der Waals surface area contributed by atoms with E-state index in [0.29, 0.717) is 32.2 Å². The van der Waals surface area contributed by atoms with Crippen molar-refractivity contribution >= 4 is 5.97 Å². The van der Waals surface area contributed by atoms with Gasteiger partial charge in [-0.05, 0) is 5.92 Å². The number of carboxylic acid groups (broad SMARTS) is 1. The van der Waals surface area contributed by atoms with Crippen LogP contribution in [0, 0.1) is 5.92 Å². The molecule has 0 rings (SSSR count). The number of ether oxygens (including phenoxy) is 2. The van der Waals surface area contributed by atoms with Crippen molar-refractivity contribution in [1.29, 1.82) is 0 Å². The molecule has 108 valence electrons. The highest BCUT2D eigenvalue weighted by Gasteiger charge is 2.15. The molecule has 0 aliphatic rings. The van der Waals surface area contributed by atoms with Crippen molar-refractivity contribution in [3.05, 3.63) is 0 Å². The number of aliphatic hydroxyl groups is 1. The molecule has 0 amide bonds. The van der Waals surface area contributed by atoms with Crippen LogP contribution in [0.25, 0.3) is 0 Å². The highest BCUT2D eigenvalue weighted by atomic mass is 16.5. The summed E-state index contributed by atoms with van der Waals surface area (Å²) in [6, 6.07) is 0. The molecule has 0 saturated heterocycles. The quantitative estimate of drug-likeness (QED) is 0.513. The van der Waals surface area contributed by atoms with Crippen LogP contribution in [0.3, 0.4) is 0 Å². The molecule has 0 aliphatic carbocycles. The summed E-state index contributed by atoms with van der Waals surface area (Å²) in [6.45, 7) is 6.00. The molecule has 1 atom stereocenters. The van der Waals surface area contributed by atoms with Gasteiger partial charge in [-0.15, -0.1) is 0 Å². The minimum absolute atomic E-state index is 0.0622. The van der Waals surface area contributed by atoms with Crippen molar-refractivity contribution in [3.8, 4) is 0 Å². The maximum atomic E-state index is 10.7. The Balaban J connectivity index is 3.93. The van der Waals surface area contributed by atoms with Crippen molar-refractivity contribution in [3.63, 3.8) is 0 Å². The number of methoxy groups -OCH3 is 1. The van der Waals surface area contributed by atoms with Crippen LogP contribution in [-0.4, -0.2) is 73.8 Å². The summed E-state index contributed by atoms with van der Waals surface area (Å²) in [5, 5.41) is 18.5. The molecule has 6 nitrogen and oxygen atoms in total. The molecule has 18 heavy (non-hydrogen) atoms. The second-order valence-corrected chi connectivity index (χ2v) is 4.70. The fourth-order valence-corrected chi connectivity index (χ4v) is 1.62. The largest absolute Gasteiger partial charge is 0.480 e. The Morgan fingerprint density at radius 3 is 2.44 bits per heavy atom. The van der Waals surface area contributed by atoms with E-state index in [0.717, 1.165) is 0 Å². The predicted octanol–water partition coefficient (Wildman–Crippen LogP) is 0.0529. The van der Waals surface area contributed by atoms with Crippen LogP contribution in [0.5, 0.6) is 0 Å². The first-order valence-corrected chi connectivity index (χ1v) is 6.14. The highest BCUT2D eigenvalue weighted by Crippen LogP contribution is 2.01. The number of aliphatic hydroxyl groups excluding tert-OH is 1. The third-order valence-electron chi connectivity index (χ3n) is 2.19. The van der Waals surface area contributed by atoms with Gasteiger partial charge in [0.1, 0.15) is 0 Å². The van der Waals surface area contributed by atoms with Crippen LogP contribution in [0.1, 0.15) is 13.8 Å². The third kappa shape index (κ3) is 10.5. The van der Waals surface area contributed by atoms with Crippen molar-refractivity contribution in [2.45, 2.75) is 20.0 Å². The molecule has 0 fully saturated rings. The first-order chi connectivity index (χ1) is 8.45. The number of nitrogens with zero attached hydrogens (tertiary/aromatic N) is 1. The number of hydrogen-bond acceptors (Lipinski definition) is 5. The lowest BCUT2D eigenvalue weighted by molar-refractivity contribution is -0.138. The molecule has 0 saturated carbocycles. The van der Waals surface area contributed by atoms with Crippen molar-refractivity contribution in [2.24, 2.45) is 5.92 Å². The van der Waals surface area contributed by atoms with Gasteiger partial charge in [-0.1, -0.05) is 13.8 Å². The average molecular weight is 263 g/mol. The van der Waals surface area contributed by atoms with E-state index < -0.39 is 12.1 Å². The van der Waals surface area contributed by atoms with Gasteiger partial charge in [0.2, 0.25) is 0 Å². The Morgan fingerprint density at radius 2 is 1.94 bits per heavy atom. The van der Waals surface area contributed by atoms with Crippen LogP contribution in [0.2, 0.25) is 0 Å². The van der Waals surface area contributed by atoms with Gasteiger partial charge in [-0.3, -0.25) is 9.69 Å². The maximum Gasteiger partial charge on any atom is 0.317 e. The minimum atomic E-state index is -0.886. The maximum absolute atomic E-state index is 10.7. The van der Waals surface area contributed by atoms with E-state index in [1.54, 1.807) is 12.0 Å². The molecule has 0 aliphatic heterocycles. The van der Waals surface area contributed by atoms with Gasteiger partial charge in [0.15, 0.2) is 0 Å². The summed E-state index contributed by atoms with van der Waals surface area (Å²) in [5.74, 6) is -0.533. The zero-order chi connectivity index (χ0) is 14.0. The fraction of sp³-hybridized carbons (Fsp3) is 0.917. The number of carbonyl (C=O) groups is 1. The topological polar surface area (TPSA) is 79.2 Å². The summed E-state index contributed by atoms with van der Waals surface area (Å²) in [7, 11) is 1.58. The lowest BCUT2D eigenvalue weighted by atomic mass is 10.2. The summed E-state index contributed by atoms with van der Waals surface area (Å²) < 4.78 is 10.0. The molecular formula is C12H25NO5. The van der Waals surface area contributed by atoms with Gasteiger partial charge < -0.3 is 19.7 Å². The van der Waals surface area contributed by atoms with E-state index in [-0.39, 0.29) is 13.2 Å². The zero-order valence-corrected chi connectivity index (χ0v) is 11.5. The molecule has 0 aromatic heterocycles. The van der Waals surface area contributed by atoms with Crippen molar-refractivity contribution in [1.82, 2.24) is 4.90 Å². The van der Waals surface area contributed by atoms with Crippen molar-refractivity contribution in [2.75, 3.05) is 46.6 Å². The predicted molar refractivity (Wildman–Crippen MR) is 67.6 cm³/mol. The molecular weight excluding hydrogens is 238 g/mol. The molecule has 1 unspecified atom stereocenters. The number of aliphatic carboxylic acids is 1. The van der Waals surface area contributed by atoms with E-state index in [2.05, 4.69) is 0 Å². The van der Waals surface area contributed by atoms with E-state index in [4.69, 9.17) is 14.6 Å². The first-order valence-electron chi connectivity index (χ1n) is 6.14. The van der Waals surface area contributed by atoms with E-state index >= 15 is 0 Å². The Bertz CT molecular complexity index is 223. The molecule has 0 radical (unpaired) electrons. The average Bonchev–Trinajstić information content (AvgIpc) is 2.22. The Morgan fingerprint density at radius 1 is 1.28 bits per heavy atom. The molecule has 0 aromatic carbocycles. The summed E-state index contributed by atoms with van der Waals surface area (Å²) in [4.78, 5) is 12.4. The zero-order valence-electron chi connectivity index (χ0n) is 11.5. The number of hydrogen-bond donors (Lipinski definition) is 2. The lowest BCUT2D eigenvalue weighted by Crippen LogP contribution is -2.40. The van der Waals surface area contributed by atoms with Crippen molar-refractivity contribution < 1.29 is 24.5 Å². The fourth-order valence-electron chi connectivity index (χ4n) is 1.62. The standard InChI is InChI=1S/C12H25NO5/c1-10(2)6-13(8-12(15)16)7-11(14)9-18-5-4-17-3/h10-11,14H,4-9H2,1-3H3,(H,15,16). The van der Waals surface area contributed by atoms with Gasteiger partial charge >= 0.3 is 5.97 Å². The Hall–Kier alpha value is -0.690. The normalized spacial score (nSPS) is 13.2. The second kappa shape index (κ2) is 10.3. The van der Waals surface area contributed by atoms with Crippen LogP contribution in [-0.2, 0) is 14.3 Å². The Kier molecular flexibility index (Phi) is 9.86. The second-order valence-electron chi connectivity index (χ2n) is 4.70. The van der Waals surface area contributed by atoms with E-state index in [1.165, 1.54) is 0 Å². The molecule has 6 heteroatoms. The van der Waals surface area contributed by atoms with E-state index in [1.807, 2.05) is 13.8 Å². The number of carboxylic acids is 1. The van der Waals surface area contributed by atoms with Crippen LogP contribution in [0.4, 0.5) is 0 Å². The highest BCUT2D eigenvalue weighted by molar-refractivity contribution is 5.69. The first kappa shape index (κ1) is 17.3. The van der Waals surface area contributed by atoms with Crippen LogP contribution in [0.15, 0.2) is 0 Å². The Labute approximate surface area is 108 Å². The van der Waals surface area contributed by atoms with Gasteiger partial charge in [0.05, 0.1) is 32.5 Å². The third-order valence-corrected chi connectivity index (χ3v) is 2.19. The molecule has 2 N–H and O–H groups in total. The van der Waals surface area contributed by atoms with Crippen LogP contribution >= 0.6 is 0 Å². The molecule has 0 spiro atoms. The summed E-state index contributed by atoms with van der Waals surface area (Å²) in [5.41, 5.74) is 0. The summed E-state index contributed by atoms with van der Waals surface area (Å²) in [6.07, 6.45) is -0.681. The summed E-state index contributed by atoms with van der Waals surface area (Å²) >= 11 is 0. The molecule has 0 heterocycles.